The van der Waals surface area contributed by atoms with Crippen molar-refractivity contribution >= 4 is 15.9 Å². The summed E-state index contributed by atoms with van der Waals surface area (Å²) in [5.41, 5.74) is 0.666. The fraction of sp³-hybridized carbons (Fsp3) is 0.600. The van der Waals surface area contributed by atoms with Crippen molar-refractivity contribution in [2.24, 2.45) is 0 Å². The van der Waals surface area contributed by atoms with Crippen LogP contribution in [0.1, 0.15) is 31.9 Å². The second-order valence-corrected chi connectivity index (χ2v) is 7.32. The molecule has 1 aromatic rings. The number of hydrogen-bond donors (Lipinski definition) is 0. The van der Waals surface area contributed by atoms with E-state index in [1.54, 1.807) is 30.3 Å². The van der Waals surface area contributed by atoms with E-state index >= 15 is 0 Å². The molecule has 0 saturated carbocycles. The van der Waals surface area contributed by atoms with Gasteiger partial charge in [-0.2, -0.15) is 4.31 Å². The quantitative estimate of drug-likeness (QED) is 0.689. The number of unbranched alkanes of at least 4 members (excludes halogenated alkanes) is 1. The van der Waals surface area contributed by atoms with Gasteiger partial charge in [-0.25, -0.2) is 8.42 Å². The Hall–Kier alpha value is -1.47. The van der Waals surface area contributed by atoms with E-state index in [0.717, 1.165) is 19.1 Å². The van der Waals surface area contributed by atoms with Crippen LogP contribution in [0.15, 0.2) is 24.4 Å². The number of nitrogens with zero attached hydrogens (tertiary/aromatic N) is 3. The molecule has 1 rings (SSSR count). The average Bonchev–Trinajstić information content (AvgIpc) is 2.48. The smallest absolute Gasteiger partial charge is 0.223 e. The van der Waals surface area contributed by atoms with Crippen molar-refractivity contribution in [2.45, 2.75) is 32.7 Å². The average molecular weight is 327 g/mol. The van der Waals surface area contributed by atoms with Crippen LogP contribution in [0, 0.1) is 0 Å². The molecule has 1 heterocycles. The Kier molecular flexibility index (Phi) is 7.47. The van der Waals surface area contributed by atoms with E-state index < -0.39 is 10.0 Å². The molecular formula is C15H25N3O3S. The number of carbonyl (C=O) groups excluding carboxylic acids is 1. The van der Waals surface area contributed by atoms with Crippen molar-refractivity contribution in [3.05, 3.63) is 30.1 Å². The summed E-state index contributed by atoms with van der Waals surface area (Å²) in [4.78, 5) is 17.8. The molecule has 0 aliphatic heterocycles. The van der Waals surface area contributed by atoms with Gasteiger partial charge in [-0.1, -0.05) is 19.4 Å². The van der Waals surface area contributed by atoms with Crippen molar-refractivity contribution in [3.63, 3.8) is 0 Å². The Morgan fingerprint density at radius 1 is 1.27 bits per heavy atom. The van der Waals surface area contributed by atoms with Crippen LogP contribution in [-0.2, 0) is 21.4 Å². The zero-order chi connectivity index (χ0) is 16.6. The van der Waals surface area contributed by atoms with E-state index in [0.29, 0.717) is 12.2 Å². The maximum Gasteiger partial charge on any atom is 0.223 e. The summed E-state index contributed by atoms with van der Waals surface area (Å²) >= 11 is 0. The molecule has 7 heteroatoms. The SMILES string of the molecule is CCCCN(C)C(=O)CCN(Cc1ccccn1)S(C)(=O)=O. The molecule has 0 radical (unpaired) electrons. The second-order valence-electron chi connectivity index (χ2n) is 5.34. The molecule has 0 spiro atoms. The van der Waals surface area contributed by atoms with Gasteiger partial charge in [-0.05, 0) is 18.6 Å². The highest BCUT2D eigenvalue weighted by atomic mass is 32.2. The van der Waals surface area contributed by atoms with Crippen LogP contribution in [-0.4, -0.2) is 54.9 Å². The van der Waals surface area contributed by atoms with E-state index in [4.69, 9.17) is 0 Å². The summed E-state index contributed by atoms with van der Waals surface area (Å²) in [7, 11) is -1.63. The van der Waals surface area contributed by atoms with E-state index in [9.17, 15) is 13.2 Å². The molecule has 6 nitrogen and oxygen atoms in total. The maximum atomic E-state index is 12.0. The first kappa shape index (κ1) is 18.6. The standard InChI is InChI=1S/C15H25N3O3S/c1-4-5-11-17(2)15(19)9-12-18(22(3,20)21)13-14-8-6-7-10-16-14/h6-8,10H,4-5,9,11-13H2,1-3H3. The molecule has 0 bridgehead atoms. The Morgan fingerprint density at radius 2 is 2.00 bits per heavy atom. The van der Waals surface area contributed by atoms with Crippen LogP contribution < -0.4 is 0 Å². The monoisotopic (exact) mass is 327 g/mol. The van der Waals surface area contributed by atoms with Gasteiger partial charge in [-0.15, -0.1) is 0 Å². The van der Waals surface area contributed by atoms with E-state index in [-0.39, 0.29) is 25.4 Å². The molecule has 0 fully saturated rings. The molecule has 0 N–H and O–H groups in total. The van der Waals surface area contributed by atoms with Crippen LogP contribution in [0.3, 0.4) is 0 Å². The third-order valence-electron chi connectivity index (χ3n) is 3.38. The summed E-state index contributed by atoms with van der Waals surface area (Å²) in [5.74, 6) is -0.0388. The van der Waals surface area contributed by atoms with Crippen molar-refractivity contribution in [3.8, 4) is 0 Å². The van der Waals surface area contributed by atoms with Gasteiger partial charge in [0.1, 0.15) is 0 Å². The van der Waals surface area contributed by atoms with Crippen molar-refractivity contribution in [1.29, 1.82) is 0 Å². The van der Waals surface area contributed by atoms with Crippen LogP contribution in [0.25, 0.3) is 0 Å². The first-order chi connectivity index (χ1) is 10.3. The van der Waals surface area contributed by atoms with Crippen LogP contribution >= 0.6 is 0 Å². The summed E-state index contributed by atoms with van der Waals surface area (Å²) in [6, 6.07) is 5.36. The first-order valence-electron chi connectivity index (χ1n) is 7.43. The molecule has 0 aliphatic rings. The lowest BCUT2D eigenvalue weighted by Crippen LogP contribution is -2.35. The van der Waals surface area contributed by atoms with E-state index in [2.05, 4.69) is 11.9 Å². The molecule has 0 unspecified atom stereocenters. The lowest BCUT2D eigenvalue weighted by molar-refractivity contribution is -0.130. The number of rotatable bonds is 9. The minimum atomic E-state index is -3.38. The predicted octanol–water partition coefficient (Wildman–Crippen LogP) is 1.49. The predicted molar refractivity (Wildman–Crippen MR) is 86.7 cm³/mol. The molecule has 0 aromatic carbocycles. The minimum Gasteiger partial charge on any atom is -0.346 e. The summed E-state index contributed by atoms with van der Waals surface area (Å²) in [6.45, 7) is 3.13. The Morgan fingerprint density at radius 3 is 2.55 bits per heavy atom. The maximum absolute atomic E-state index is 12.0. The number of amides is 1. The van der Waals surface area contributed by atoms with E-state index in [1.807, 2.05) is 6.07 Å². The number of aromatic nitrogens is 1. The Bertz CT molecular complexity index is 561. The minimum absolute atomic E-state index is 0.0388. The van der Waals surface area contributed by atoms with Crippen LogP contribution in [0.2, 0.25) is 0 Å². The highest BCUT2D eigenvalue weighted by molar-refractivity contribution is 7.88. The molecule has 0 saturated heterocycles. The lowest BCUT2D eigenvalue weighted by Gasteiger charge is -2.21. The van der Waals surface area contributed by atoms with Gasteiger partial charge < -0.3 is 4.90 Å². The van der Waals surface area contributed by atoms with Gasteiger partial charge in [0.05, 0.1) is 18.5 Å². The zero-order valence-electron chi connectivity index (χ0n) is 13.5. The fourth-order valence-corrected chi connectivity index (χ4v) is 2.76. The van der Waals surface area contributed by atoms with Gasteiger partial charge >= 0.3 is 0 Å². The third kappa shape index (κ3) is 6.53. The van der Waals surface area contributed by atoms with Crippen molar-refractivity contribution in [1.82, 2.24) is 14.2 Å². The summed E-state index contributed by atoms with van der Waals surface area (Å²) in [6.07, 6.45) is 4.93. The lowest BCUT2D eigenvalue weighted by atomic mass is 10.3. The second kappa shape index (κ2) is 8.85. The first-order valence-corrected chi connectivity index (χ1v) is 9.28. The van der Waals surface area contributed by atoms with Gasteiger partial charge in [0.2, 0.25) is 15.9 Å². The largest absolute Gasteiger partial charge is 0.346 e. The Balaban J connectivity index is 2.62. The molecule has 0 atom stereocenters. The number of sulfonamides is 1. The Labute approximate surface area is 133 Å². The van der Waals surface area contributed by atoms with E-state index in [1.165, 1.54) is 4.31 Å². The fourth-order valence-electron chi connectivity index (χ4n) is 1.97. The highest BCUT2D eigenvalue weighted by Gasteiger charge is 2.19. The summed E-state index contributed by atoms with van der Waals surface area (Å²) < 4.78 is 25.0. The van der Waals surface area contributed by atoms with Gasteiger partial charge in [0, 0.05) is 32.8 Å². The number of carbonyl (C=O) groups is 1. The summed E-state index contributed by atoms with van der Waals surface area (Å²) in [5, 5.41) is 0. The zero-order valence-corrected chi connectivity index (χ0v) is 14.3. The van der Waals surface area contributed by atoms with Crippen LogP contribution in [0.4, 0.5) is 0 Å². The highest BCUT2D eigenvalue weighted by Crippen LogP contribution is 2.08. The van der Waals surface area contributed by atoms with Crippen LogP contribution in [0.5, 0.6) is 0 Å². The van der Waals surface area contributed by atoms with Crippen molar-refractivity contribution in [2.75, 3.05) is 26.4 Å². The van der Waals surface area contributed by atoms with Gasteiger partial charge in [0.15, 0.2) is 0 Å². The van der Waals surface area contributed by atoms with Gasteiger partial charge in [0.25, 0.3) is 0 Å². The molecular weight excluding hydrogens is 302 g/mol. The normalized spacial score (nSPS) is 11.6. The van der Waals surface area contributed by atoms with Gasteiger partial charge in [-0.3, -0.25) is 9.78 Å². The molecule has 1 aromatic heterocycles. The third-order valence-corrected chi connectivity index (χ3v) is 4.63. The molecule has 124 valence electrons. The van der Waals surface area contributed by atoms with Crippen molar-refractivity contribution < 1.29 is 13.2 Å². The molecule has 0 aliphatic carbocycles. The molecule has 1 amide bonds. The topological polar surface area (TPSA) is 70.6 Å². The number of pyridine rings is 1. The molecule has 22 heavy (non-hydrogen) atoms. The number of hydrogen-bond acceptors (Lipinski definition) is 4.